The van der Waals surface area contributed by atoms with Crippen molar-refractivity contribution in [2.24, 2.45) is 0 Å². The molecule has 0 atom stereocenters. The summed E-state index contributed by atoms with van der Waals surface area (Å²) >= 11 is 0. The number of benzene rings is 1. The van der Waals surface area contributed by atoms with E-state index in [4.69, 9.17) is 10.5 Å². The lowest BCUT2D eigenvalue weighted by Gasteiger charge is -2.21. The second-order valence-corrected chi connectivity index (χ2v) is 4.66. The lowest BCUT2D eigenvalue weighted by atomic mass is 10.1. The Balaban J connectivity index is 2.21. The van der Waals surface area contributed by atoms with Crippen molar-refractivity contribution in [1.82, 2.24) is 4.90 Å². The van der Waals surface area contributed by atoms with Crippen LogP contribution in [0.25, 0.3) is 0 Å². The van der Waals surface area contributed by atoms with Crippen molar-refractivity contribution >= 4 is 11.6 Å². The van der Waals surface area contributed by atoms with Gasteiger partial charge in [-0.2, -0.15) is 0 Å². The van der Waals surface area contributed by atoms with Crippen LogP contribution in [0.15, 0.2) is 18.2 Å². The van der Waals surface area contributed by atoms with Crippen LogP contribution in [-0.4, -0.2) is 31.0 Å². The second kappa shape index (κ2) is 5.76. The zero-order chi connectivity index (χ0) is 13.0. The third-order valence-electron chi connectivity index (χ3n) is 3.38. The maximum absolute atomic E-state index is 12.4. The second-order valence-electron chi connectivity index (χ2n) is 4.66. The summed E-state index contributed by atoms with van der Waals surface area (Å²) in [5.74, 6) is 0.690. The van der Waals surface area contributed by atoms with Crippen molar-refractivity contribution in [2.75, 3.05) is 25.9 Å². The molecule has 2 N–H and O–H groups in total. The van der Waals surface area contributed by atoms with Gasteiger partial charge in [-0.25, -0.2) is 0 Å². The fraction of sp³-hybridized carbons (Fsp3) is 0.500. The van der Waals surface area contributed by atoms with Crippen LogP contribution in [0.1, 0.15) is 36.0 Å². The molecule has 1 aromatic carbocycles. The first-order valence-electron chi connectivity index (χ1n) is 6.45. The Hall–Kier alpha value is -1.71. The number of likely N-dealkylation sites (tertiary alicyclic amines) is 1. The summed E-state index contributed by atoms with van der Waals surface area (Å²) in [6.07, 6.45) is 4.57. The van der Waals surface area contributed by atoms with Crippen molar-refractivity contribution < 1.29 is 9.53 Å². The van der Waals surface area contributed by atoms with E-state index in [1.165, 1.54) is 12.8 Å². The molecule has 0 unspecified atom stereocenters. The summed E-state index contributed by atoms with van der Waals surface area (Å²) in [7, 11) is 1.59. The molecule has 1 aliphatic heterocycles. The standard InChI is InChI=1S/C14H20N2O2/c1-18-11-6-7-13(15)12(10-11)14(17)16-8-4-2-3-5-9-16/h6-7,10H,2-5,8-9,15H2,1H3. The minimum absolute atomic E-state index is 0.0216. The molecule has 98 valence electrons. The number of methoxy groups -OCH3 is 1. The number of nitrogens with two attached hydrogens (primary N) is 1. The van der Waals surface area contributed by atoms with Crippen LogP contribution >= 0.6 is 0 Å². The fourth-order valence-electron chi connectivity index (χ4n) is 2.29. The van der Waals surface area contributed by atoms with E-state index in [2.05, 4.69) is 0 Å². The van der Waals surface area contributed by atoms with Crippen LogP contribution in [0.2, 0.25) is 0 Å². The molecule has 4 heteroatoms. The summed E-state index contributed by atoms with van der Waals surface area (Å²) in [4.78, 5) is 14.3. The van der Waals surface area contributed by atoms with E-state index in [-0.39, 0.29) is 5.91 Å². The van der Waals surface area contributed by atoms with Crippen LogP contribution in [0.3, 0.4) is 0 Å². The van der Waals surface area contributed by atoms with Gasteiger partial charge in [-0.3, -0.25) is 4.79 Å². The van der Waals surface area contributed by atoms with E-state index in [9.17, 15) is 4.79 Å². The molecule has 0 spiro atoms. The van der Waals surface area contributed by atoms with Crippen LogP contribution in [0.5, 0.6) is 5.75 Å². The van der Waals surface area contributed by atoms with E-state index in [0.717, 1.165) is 25.9 Å². The first-order valence-corrected chi connectivity index (χ1v) is 6.45. The Morgan fingerprint density at radius 3 is 2.50 bits per heavy atom. The predicted octanol–water partition coefficient (Wildman–Crippen LogP) is 2.29. The number of nitrogen functional groups attached to an aromatic ring is 1. The van der Waals surface area contributed by atoms with Gasteiger partial charge in [-0.15, -0.1) is 0 Å². The number of hydrogen-bond donors (Lipinski definition) is 1. The summed E-state index contributed by atoms with van der Waals surface area (Å²) in [5, 5.41) is 0. The van der Waals surface area contributed by atoms with Gasteiger partial charge in [-0.05, 0) is 31.0 Å². The zero-order valence-electron chi connectivity index (χ0n) is 10.8. The molecule has 1 aromatic rings. The van der Waals surface area contributed by atoms with Gasteiger partial charge < -0.3 is 15.4 Å². The highest BCUT2D eigenvalue weighted by molar-refractivity contribution is 5.99. The minimum atomic E-state index is 0.0216. The van der Waals surface area contributed by atoms with Crippen molar-refractivity contribution in [3.8, 4) is 5.75 Å². The molecule has 0 saturated carbocycles. The average molecular weight is 248 g/mol. The molecule has 0 aromatic heterocycles. The lowest BCUT2D eigenvalue weighted by Crippen LogP contribution is -2.32. The average Bonchev–Trinajstić information content (AvgIpc) is 2.67. The molecule has 1 fully saturated rings. The van der Waals surface area contributed by atoms with Crippen LogP contribution < -0.4 is 10.5 Å². The molecule has 1 heterocycles. The topological polar surface area (TPSA) is 55.6 Å². The van der Waals surface area contributed by atoms with Gasteiger partial charge in [0.2, 0.25) is 0 Å². The Morgan fingerprint density at radius 2 is 1.89 bits per heavy atom. The Labute approximate surface area is 108 Å². The number of carbonyl (C=O) groups is 1. The molecule has 0 bridgehead atoms. The Kier molecular flexibility index (Phi) is 4.07. The molecule has 18 heavy (non-hydrogen) atoms. The van der Waals surface area contributed by atoms with E-state index in [1.54, 1.807) is 25.3 Å². The molecule has 0 aliphatic carbocycles. The predicted molar refractivity (Wildman–Crippen MR) is 71.8 cm³/mol. The normalized spacial score (nSPS) is 16.2. The number of anilines is 1. The first kappa shape index (κ1) is 12.7. The van der Waals surface area contributed by atoms with Crippen LogP contribution in [0.4, 0.5) is 5.69 Å². The highest BCUT2D eigenvalue weighted by Gasteiger charge is 2.19. The third-order valence-corrected chi connectivity index (χ3v) is 3.38. The molecule has 1 aliphatic rings. The van der Waals surface area contributed by atoms with Crippen molar-refractivity contribution in [2.45, 2.75) is 25.7 Å². The quantitative estimate of drug-likeness (QED) is 0.817. The smallest absolute Gasteiger partial charge is 0.256 e. The number of ether oxygens (including phenoxy) is 1. The number of nitrogens with zero attached hydrogens (tertiary/aromatic N) is 1. The zero-order valence-corrected chi connectivity index (χ0v) is 10.8. The van der Waals surface area contributed by atoms with Gasteiger partial charge in [0, 0.05) is 18.8 Å². The van der Waals surface area contributed by atoms with E-state index >= 15 is 0 Å². The molecular weight excluding hydrogens is 228 g/mol. The largest absolute Gasteiger partial charge is 0.497 e. The molecule has 1 amide bonds. The van der Waals surface area contributed by atoms with Gasteiger partial charge in [0.15, 0.2) is 0 Å². The highest BCUT2D eigenvalue weighted by Crippen LogP contribution is 2.22. The minimum Gasteiger partial charge on any atom is -0.497 e. The maximum atomic E-state index is 12.4. The maximum Gasteiger partial charge on any atom is 0.256 e. The number of hydrogen-bond acceptors (Lipinski definition) is 3. The van der Waals surface area contributed by atoms with E-state index in [0.29, 0.717) is 17.0 Å². The van der Waals surface area contributed by atoms with Gasteiger partial charge in [0.1, 0.15) is 5.75 Å². The summed E-state index contributed by atoms with van der Waals surface area (Å²) in [6, 6.07) is 5.22. The van der Waals surface area contributed by atoms with E-state index < -0.39 is 0 Å². The SMILES string of the molecule is COc1ccc(N)c(C(=O)N2CCCCCC2)c1. The van der Waals surface area contributed by atoms with Crippen molar-refractivity contribution in [3.05, 3.63) is 23.8 Å². The van der Waals surface area contributed by atoms with Gasteiger partial charge in [0.25, 0.3) is 5.91 Å². The lowest BCUT2D eigenvalue weighted by molar-refractivity contribution is 0.0762. The molecule has 2 rings (SSSR count). The van der Waals surface area contributed by atoms with Gasteiger partial charge in [0.05, 0.1) is 12.7 Å². The summed E-state index contributed by atoms with van der Waals surface area (Å²) in [5.41, 5.74) is 6.96. The Bertz CT molecular complexity index is 424. The summed E-state index contributed by atoms with van der Waals surface area (Å²) < 4.78 is 5.15. The third kappa shape index (κ3) is 2.75. The van der Waals surface area contributed by atoms with Gasteiger partial charge >= 0.3 is 0 Å². The molecule has 4 nitrogen and oxygen atoms in total. The summed E-state index contributed by atoms with van der Waals surface area (Å²) in [6.45, 7) is 1.66. The van der Waals surface area contributed by atoms with Crippen LogP contribution in [0, 0.1) is 0 Å². The number of amides is 1. The first-order chi connectivity index (χ1) is 8.72. The fourth-order valence-corrected chi connectivity index (χ4v) is 2.29. The number of rotatable bonds is 2. The van der Waals surface area contributed by atoms with Crippen molar-refractivity contribution in [3.63, 3.8) is 0 Å². The molecular formula is C14H20N2O2. The monoisotopic (exact) mass is 248 g/mol. The molecule has 0 radical (unpaired) electrons. The molecule has 1 saturated heterocycles. The Morgan fingerprint density at radius 1 is 1.22 bits per heavy atom. The highest BCUT2D eigenvalue weighted by atomic mass is 16.5. The van der Waals surface area contributed by atoms with Gasteiger partial charge in [-0.1, -0.05) is 12.8 Å². The van der Waals surface area contributed by atoms with Crippen molar-refractivity contribution in [1.29, 1.82) is 0 Å². The number of carbonyl (C=O) groups excluding carboxylic acids is 1. The van der Waals surface area contributed by atoms with E-state index in [1.807, 2.05) is 4.90 Å². The van der Waals surface area contributed by atoms with Crippen LogP contribution in [-0.2, 0) is 0 Å².